The molecule has 136 valence electrons. The van der Waals surface area contributed by atoms with E-state index in [1.165, 1.54) is 17.3 Å². The van der Waals surface area contributed by atoms with Crippen LogP contribution in [0.15, 0.2) is 41.3 Å². The summed E-state index contributed by atoms with van der Waals surface area (Å²) in [6.07, 6.45) is 4.58. The van der Waals surface area contributed by atoms with Crippen molar-refractivity contribution in [2.24, 2.45) is 0 Å². The van der Waals surface area contributed by atoms with Gasteiger partial charge in [0.2, 0.25) is 0 Å². The Morgan fingerprint density at radius 3 is 2.77 bits per heavy atom. The van der Waals surface area contributed by atoms with Crippen LogP contribution < -0.4 is 5.56 Å². The first-order chi connectivity index (χ1) is 12.5. The topological polar surface area (TPSA) is 96.3 Å². The van der Waals surface area contributed by atoms with Crippen LogP contribution >= 0.6 is 0 Å². The Kier molecular flexibility index (Phi) is 5.16. The van der Waals surface area contributed by atoms with Gasteiger partial charge in [0.05, 0.1) is 10.5 Å². The summed E-state index contributed by atoms with van der Waals surface area (Å²) >= 11 is 0. The Bertz CT molecular complexity index is 890. The monoisotopic (exact) mass is 355 g/mol. The van der Waals surface area contributed by atoms with Crippen LogP contribution in [0.4, 0.5) is 5.69 Å². The van der Waals surface area contributed by atoms with E-state index in [9.17, 15) is 19.7 Å². The number of nitro groups is 1. The smallest absolute Gasteiger partial charge is 0.334 e. The molecular weight excluding hydrogens is 334 g/mol. The first kappa shape index (κ1) is 17.8. The summed E-state index contributed by atoms with van der Waals surface area (Å²) in [5.41, 5.74) is 1.28. The van der Waals surface area contributed by atoms with E-state index in [2.05, 4.69) is 17.1 Å². The van der Waals surface area contributed by atoms with Gasteiger partial charge in [0, 0.05) is 24.8 Å². The lowest BCUT2D eigenvalue weighted by atomic mass is 9.87. The number of aromatic amines is 1. The summed E-state index contributed by atoms with van der Waals surface area (Å²) < 4.78 is 0. The van der Waals surface area contributed by atoms with Crippen molar-refractivity contribution in [1.82, 2.24) is 9.88 Å². The number of pyridine rings is 1. The SMILES string of the molecule is CCCN(C(=O)c1c[nH]c(=O)c([N+](=O)[O-])c1)[C@H]1CCc2ccccc2C1. The Morgan fingerprint density at radius 2 is 2.08 bits per heavy atom. The number of carbonyl (C=O) groups is 1. The molecule has 0 saturated carbocycles. The molecule has 1 amide bonds. The summed E-state index contributed by atoms with van der Waals surface area (Å²) in [6.45, 7) is 2.56. The van der Waals surface area contributed by atoms with Gasteiger partial charge in [-0.25, -0.2) is 0 Å². The molecule has 7 nitrogen and oxygen atoms in total. The van der Waals surface area contributed by atoms with E-state index in [1.54, 1.807) is 4.90 Å². The van der Waals surface area contributed by atoms with Crippen LogP contribution in [0.2, 0.25) is 0 Å². The van der Waals surface area contributed by atoms with Gasteiger partial charge in [-0.3, -0.25) is 19.7 Å². The second-order valence-corrected chi connectivity index (χ2v) is 6.52. The fourth-order valence-electron chi connectivity index (χ4n) is 3.53. The lowest BCUT2D eigenvalue weighted by molar-refractivity contribution is -0.386. The average Bonchev–Trinajstić information content (AvgIpc) is 2.65. The van der Waals surface area contributed by atoms with E-state index in [0.29, 0.717) is 6.54 Å². The van der Waals surface area contributed by atoms with Gasteiger partial charge < -0.3 is 9.88 Å². The van der Waals surface area contributed by atoms with Crippen LogP contribution in [0.5, 0.6) is 0 Å². The van der Waals surface area contributed by atoms with E-state index in [0.717, 1.165) is 31.7 Å². The summed E-state index contributed by atoms with van der Waals surface area (Å²) in [5, 5.41) is 11.0. The van der Waals surface area contributed by atoms with Crippen molar-refractivity contribution in [3.05, 3.63) is 73.7 Å². The van der Waals surface area contributed by atoms with E-state index < -0.39 is 16.2 Å². The number of fused-ring (bicyclic) bond motifs is 1. The van der Waals surface area contributed by atoms with Crippen molar-refractivity contribution in [1.29, 1.82) is 0 Å². The normalized spacial score (nSPS) is 16.0. The third-order valence-corrected chi connectivity index (χ3v) is 4.81. The molecule has 1 heterocycles. The number of carbonyl (C=O) groups excluding carboxylic acids is 1. The summed E-state index contributed by atoms with van der Waals surface area (Å²) in [5.74, 6) is -0.282. The molecule has 1 aliphatic rings. The Morgan fingerprint density at radius 1 is 1.35 bits per heavy atom. The molecule has 0 unspecified atom stereocenters. The van der Waals surface area contributed by atoms with Crippen LogP contribution in [-0.2, 0) is 12.8 Å². The minimum Gasteiger partial charge on any atom is -0.335 e. The number of nitrogens with one attached hydrogen (secondary N) is 1. The molecule has 1 aromatic carbocycles. The van der Waals surface area contributed by atoms with Crippen molar-refractivity contribution in [2.75, 3.05) is 6.54 Å². The predicted molar refractivity (Wildman–Crippen MR) is 97.3 cm³/mol. The maximum atomic E-state index is 13.0. The van der Waals surface area contributed by atoms with Crippen molar-refractivity contribution in [2.45, 2.75) is 38.6 Å². The number of aromatic nitrogens is 1. The van der Waals surface area contributed by atoms with Gasteiger partial charge in [-0.1, -0.05) is 31.2 Å². The number of benzene rings is 1. The summed E-state index contributed by atoms with van der Waals surface area (Å²) in [6, 6.07) is 9.33. The lowest BCUT2D eigenvalue weighted by Crippen LogP contribution is -2.44. The van der Waals surface area contributed by atoms with Crippen LogP contribution in [0.3, 0.4) is 0 Å². The number of hydrogen-bond donors (Lipinski definition) is 1. The minimum absolute atomic E-state index is 0.0448. The fourth-order valence-corrected chi connectivity index (χ4v) is 3.53. The van der Waals surface area contributed by atoms with Crippen LogP contribution in [0.25, 0.3) is 0 Å². The maximum Gasteiger partial charge on any atom is 0.334 e. The molecule has 26 heavy (non-hydrogen) atoms. The van der Waals surface area contributed by atoms with Gasteiger partial charge in [0.15, 0.2) is 0 Å². The van der Waals surface area contributed by atoms with Crippen molar-refractivity contribution in [3.63, 3.8) is 0 Å². The first-order valence-corrected chi connectivity index (χ1v) is 8.76. The van der Waals surface area contributed by atoms with Gasteiger partial charge >= 0.3 is 11.2 Å². The largest absolute Gasteiger partial charge is 0.335 e. The molecule has 2 aromatic rings. The molecule has 0 bridgehead atoms. The molecular formula is C19H21N3O4. The highest BCUT2D eigenvalue weighted by Crippen LogP contribution is 2.26. The molecule has 1 N–H and O–H groups in total. The van der Waals surface area contributed by atoms with Gasteiger partial charge in [-0.15, -0.1) is 0 Å². The zero-order valence-corrected chi connectivity index (χ0v) is 14.6. The zero-order valence-electron chi connectivity index (χ0n) is 14.6. The summed E-state index contributed by atoms with van der Waals surface area (Å²) in [7, 11) is 0. The average molecular weight is 355 g/mol. The number of amides is 1. The fraction of sp³-hybridized carbons (Fsp3) is 0.368. The lowest BCUT2D eigenvalue weighted by Gasteiger charge is -2.35. The molecule has 0 spiro atoms. The molecule has 1 aromatic heterocycles. The van der Waals surface area contributed by atoms with Crippen LogP contribution in [-0.4, -0.2) is 33.3 Å². The molecule has 1 atom stereocenters. The van der Waals surface area contributed by atoms with Crippen LogP contribution in [0.1, 0.15) is 41.3 Å². The van der Waals surface area contributed by atoms with Gasteiger partial charge in [-0.2, -0.15) is 0 Å². The minimum atomic E-state index is -0.805. The quantitative estimate of drug-likeness (QED) is 0.659. The first-order valence-electron chi connectivity index (χ1n) is 8.76. The molecule has 0 saturated heterocycles. The standard InChI is InChI=1S/C19H21N3O4/c1-2-9-21(16-8-7-13-5-3-4-6-14(13)10-16)19(24)15-11-17(22(25)26)18(23)20-12-15/h3-6,11-12,16H,2,7-10H2,1H3,(H,20,23)/t16-/m0/s1. The summed E-state index contributed by atoms with van der Waals surface area (Å²) in [4.78, 5) is 38.9. The third-order valence-electron chi connectivity index (χ3n) is 4.81. The van der Waals surface area contributed by atoms with Gasteiger partial charge in [0.1, 0.15) is 0 Å². The van der Waals surface area contributed by atoms with Crippen LogP contribution in [0, 0.1) is 10.1 Å². The number of rotatable bonds is 5. The maximum absolute atomic E-state index is 13.0. The highest BCUT2D eigenvalue weighted by atomic mass is 16.6. The van der Waals surface area contributed by atoms with E-state index in [4.69, 9.17) is 0 Å². The second kappa shape index (κ2) is 7.51. The highest BCUT2D eigenvalue weighted by molar-refractivity contribution is 5.94. The Balaban J connectivity index is 1.89. The predicted octanol–water partition coefficient (Wildman–Crippen LogP) is 2.69. The molecule has 0 radical (unpaired) electrons. The molecule has 7 heteroatoms. The van der Waals surface area contributed by atoms with Crippen molar-refractivity contribution < 1.29 is 9.72 Å². The third kappa shape index (κ3) is 3.51. The van der Waals surface area contributed by atoms with Gasteiger partial charge in [-0.05, 0) is 36.8 Å². The Hall–Kier alpha value is -2.96. The van der Waals surface area contributed by atoms with Gasteiger partial charge in [0.25, 0.3) is 5.91 Å². The van der Waals surface area contributed by atoms with E-state index in [-0.39, 0.29) is 17.5 Å². The molecule has 0 aliphatic heterocycles. The number of hydrogen-bond acceptors (Lipinski definition) is 4. The van der Waals surface area contributed by atoms with Crippen molar-refractivity contribution >= 4 is 11.6 Å². The van der Waals surface area contributed by atoms with E-state index >= 15 is 0 Å². The van der Waals surface area contributed by atoms with E-state index in [1.807, 2.05) is 19.1 Å². The Labute approximate surface area is 150 Å². The molecule has 0 fully saturated rings. The number of nitrogens with zero attached hydrogens (tertiary/aromatic N) is 2. The molecule has 1 aliphatic carbocycles. The number of H-pyrrole nitrogens is 1. The zero-order chi connectivity index (χ0) is 18.7. The highest BCUT2D eigenvalue weighted by Gasteiger charge is 2.29. The van der Waals surface area contributed by atoms with Crippen molar-refractivity contribution in [3.8, 4) is 0 Å². The number of aryl methyl sites for hydroxylation is 1. The molecule has 3 rings (SSSR count). The second-order valence-electron chi connectivity index (χ2n) is 6.52.